The van der Waals surface area contributed by atoms with Crippen LogP contribution in [0.15, 0.2) is 122 Å². The van der Waals surface area contributed by atoms with Gasteiger partial charge < -0.3 is 9.13 Å². The third-order valence-corrected chi connectivity index (χ3v) is 16.7. The van der Waals surface area contributed by atoms with Crippen LogP contribution in [-0.4, -0.2) is 8.07 Å². The molecule has 9 rings (SSSR count). The molecule has 329 valence electrons. The fourth-order valence-corrected chi connectivity index (χ4v) is 13.1. The number of nitrogens with zero attached hydrogens (tertiary/aromatic N) is 3. The summed E-state index contributed by atoms with van der Waals surface area (Å²) in [5.74, 6) is 1.32. The van der Waals surface area contributed by atoms with E-state index in [0.717, 1.165) is 50.0 Å². The summed E-state index contributed by atoms with van der Waals surface area (Å²) in [6.45, 7) is 25.4. The zero-order valence-corrected chi connectivity index (χ0v) is 42.9. The summed E-state index contributed by atoms with van der Waals surface area (Å²) in [5, 5.41) is 16.3. The van der Waals surface area contributed by atoms with Crippen molar-refractivity contribution >= 4 is 55.5 Å². The first kappa shape index (κ1) is 46.7. The number of thiophene rings is 1. The van der Waals surface area contributed by atoms with Crippen LogP contribution in [0.25, 0.3) is 64.6 Å². The largest absolute Gasteiger partial charge is 0.343 e. The van der Waals surface area contributed by atoms with Crippen molar-refractivity contribution in [1.29, 1.82) is 5.26 Å². The first-order valence-corrected chi connectivity index (χ1v) is 26.8. The molecule has 0 spiro atoms. The molecule has 0 atom stereocenters. The fraction of sp³-hybridized carbons (Fsp3) is 0.259. The summed E-state index contributed by atoms with van der Waals surface area (Å²) in [4.78, 5) is 0. The molecule has 1 aliphatic carbocycles. The molecule has 1 radical (unpaired) electrons. The molecule has 3 nitrogen and oxygen atoms in total. The Kier molecular flexibility index (Phi) is 13.6. The number of benzene rings is 5. The molecule has 64 heavy (non-hydrogen) atoms. The average Bonchev–Trinajstić information content (AvgIpc) is 3.95. The molecule has 0 unspecified atom stereocenters. The van der Waals surface area contributed by atoms with Gasteiger partial charge in [-0.05, 0) is 68.3 Å². The van der Waals surface area contributed by atoms with Gasteiger partial charge in [-0.2, -0.15) is 36.3 Å². The van der Waals surface area contributed by atoms with Crippen LogP contribution in [-0.2, 0) is 31.9 Å². The number of aromatic nitrogens is 2. The molecule has 0 aliphatic heterocycles. The van der Waals surface area contributed by atoms with Crippen LogP contribution >= 0.6 is 11.3 Å². The van der Waals surface area contributed by atoms with Crippen molar-refractivity contribution in [3.63, 3.8) is 0 Å². The van der Waals surface area contributed by atoms with Crippen LogP contribution in [0.4, 0.5) is 0 Å². The third kappa shape index (κ3) is 8.89. The van der Waals surface area contributed by atoms with Crippen LogP contribution in [0, 0.1) is 51.1 Å². The van der Waals surface area contributed by atoms with E-state index in [1.165, 1.54) is 74.2 Å². The third-order valence-electron chi connectivity index (χ3n) is 13.4. The van der Waals surface area contributed by atoms with Crippen LogP contribution in [0.1, 0.15) is 81.2 Å². The molecule has 1 saturated carbocycles. The van der Waals surface area contributed by atoms with Gasteiger partial charge in [0.25, 0.3) is 0 Å². The van der Waals surface area contributed by atoms with Crippen LogP contribution in [0.5, 0.6) is 0 Å². The van der Waals surface area contributed by atoms with Gasteiger partial charge in [-0.25, -0.2) is 0 Å². The molecule has 3 aromatic heterocycles. The summed E-state index contributed by atoms with van der Waals surface area (Å²) in [6.07, 6.45) is 10.7. The number of hydrogen-bond acceptors (Lipinski definition) is 2. The van der Waals surface area contributed by atoms with Crippen molar-refractivity contribution in [3.8, 4) is 39.7 Å². The maximum atomic E-state index is 10.1. The molecule has 6 heteroatoms. The second-order valence-electron chi connectivity index (χ2n) is 19.6. The van der Waals surface area contributed by atoms with Gasteiger partial charge in [0.2, 0.25) is 0 Å². The van der Waals surface area contributed by atoms with E-state index in [0.29, 0.717) is 17.4 Å². The molecule has 0 N–H and O–H groups in total. The molecule has 0 amide bonds. The van der Waals surface area contributed by atoms with Crippen molar-refractivity contribution in [2.45, 2.75) is 84.9 Å². The second kappa shape index (κ2) is 18.7. The number of rotatable bonds is 8. The Balaban J connectivity index is 0.000000201. The predicted octanol–water partition coefficient (Wildman–Crippen LogP) is 14.2. The fourth-order valence-electron chi connectivity index (χ4n) is 10.0. The Hall–Kier alpha value is -5.28. The van der Waals surface area contributed by atoms with Gasteiger partial charge in [-0.3, -0.25) is 0 Å². The van der Waals surface area contributed by atoms with Gasteiger partial charge in [-0.15, -0.1) is 29.0 Å². The van der Waals surface area contributed by atoms with Crippen LogP contribution in [0.2, 0.25) is 19.6 Å². The Morgan fingerprint density at radius 3 is 2.12 bits per heavy atom. The Morgan fingerprint density at radius 2 is 1.44 bits per heavy atom. The molecule has 1 aliphatic rings. The number of nitriles is 1. The maximum Gasteiger partial charge on any atom is 0.0863 e. The predicted molar refractivity (Wildman–Crippen MR) is 272 cm³/mol. The topological polar surface area (TPSA) is 31.5 Å². The monoisotopic (exact) mass is 1050 g/mol. The summed E-state index contributed by atoms with van der Waals surface area (Å²) in [5.41, 5.74) is 12.4. The molecule has 5 aromatic carbocycles. The molecule has 8 aromatic rings. The zero-order valence-electron chi connectivity index (χ0n) is 38.6. The summed E-state index contributed by atoms with van der Waals surface area (Å²) in [7, 11) is 7.26. The molecular weight excluding hydrogens is 991 g/mol. The molecule has 0 bridgehead atoms. The quantitative estimate of drug-likeness (QED) is 0.0848. The van der Waals surface area contributed by atoms with Crippen molar-refractivity contribution in [2.24, 2.45) is 11.8 Å². The average molecular weight is 1050 g/mol. The Morgan fingerprint density at radius 1 is 0.766 bits per heavy atom. The number of hydrogen-bond donors (Lipinski definition) is 0. The van der Waals surface area contributed by atoms with Crippen LogP contribution in [0.3, 0.4) is 0 Å². The van der Waals surface area contributed by atoms with Gasteiger partial charge in [0.15, 0.2) is 0 Å². The van der Waals surface area contributed by atoms with Crippen LogP contribution < -0.4 is 14.3 Å². The number of pyridine rings is 2. The Bertz CT molecular complexity index is 3030. The summed E-state index contributed by atoms with van der Waals surface area (Å²) < 4.78 is 6.33. The summed E-state index contributed by atoms with van der Waals surface area (Å²) >= 11 is 1.76. The normalized spacial score (nSPS) is 13.2. The van der Waals surface area contributed by atoms with E-state index in [2.05, 4.69) is 195 Å². The maximum absolute atomic E-state index is 10.1. The smallest absolute Gasteiger partial charge is 0.0863 e. The molecule has 0 saturated heterocycles. The minimum Gasteiger partial charge on any atom is -0.343 e. The van der Waals surface area contributed by atoms with E-state index in [9.17, 15) is 5.26 Å². The first-order valence-electron chi connectivity index (χ1n) is 22.5. The second-order valence-corrected chi connectivity index (χ2v) is 25.7. The van der Waals surface area contributed by atoms with E-state index < -0.39 is 8.07 Å². The van der Waals surface area contributed by atoms with Crippen molar-refractivity contribution in [1.82, 2.24) is 0 Å². The van der Waals surface area contributed by atoms with Gasteiger partial charge in [0.1, 0.15) is 0 Å². The molecule has 1 fully saturated rings. The summed E-state index contributed by atoms with van der Waals surface area (Å²) in [6, 6.07) is 41.1. The Labute approximate surface area is 401 Å². The molecular formula is C58H61IrN3SSi-2. The minimum atomic E-state index is -1.44. The standard InChI is InChI=1S/C34H31N2S.C24H30NSi.Ir/c1-22-19-24(21-35)31-28-16-10-15-27(23-11-6-5-7-12-23)32(28)37-33(31)30(22)29-20-26(17-18-36(29)4)34(2,3)25-13-8-9-14-25;1-17(2)14-20-15-22(25(4)16-23(20)26(5,6)7)24-18(3)12-13-19-10-8-9-11-21(19)24;/h5-7,10-12,15-20,25H,1,4,8-9,13-14H2,2-3H3;8-13,15-17H,3-4,14H2,1-2,5-7H3;/q2*-1;. The van der Waals surface area contributed by atoms with Gasteiger partial charge in [-0.1, -0.05) is 173 Å². The van der Waals surface area contributed by atoms with E-state index >= 15 is 0 Å². The van der Waals surface area contributed by atoms with E-state index in [4.69, 9.17) is 0 Å². The van der Waals surface area contributed by atoms with E-state index in [-0.39, 0.29) is 25.5 Å². The van der Waals surface area contributed by atoms with E-state index in [1.54, 1.807) is 11.3 Å². The van der Waals surface area contributed by atoms with Crippen molar-refractivity contribution < 1.29 is 29.2 Å². The SMILES string of the molecule is [CH2-]c1cc(C#N)c2c(sc3c(-c4ccccc4)cccc32)c1-c1cc(C(C)(C)C2CCCC2)cc[n+]1[CH2-].[CH2-]c1ccc2ccccc2c1-c1cc(CC(C)C)c([Si](C)(C)C)c[n+]1[CH2-].[Ir]. The van der Waals surface area contributed by atoms with Gasteiger partial charge in [0, 0.05) is 49.9 Å². The first-order chi connectivity index (χ1) is 30.1. The van der Waals surface area contributed by atoms with Crippen molar-refractivity contribution in [2.75, 3.05) is 0 Å². The van der Waals surface area contributed by atoms with Gasteiger partial charge in [0.05, 0.1) is 37.9 Å². The number of fused-ring (bicyclic) bond motifs is 4. The molecule has 3 heterocycles. The van der Waals surface area contributed by atoms with Gasteiger partial charge >= 0.3 is 0 Å². The van der Waals surface area contributed by atoms with E-state index in [1.807, 2.05) is 16.7 Å². The minimum absolute atomic E-state index is 0. The zero-order chi connectivity index (χ0) is 44.8. The van der Waals surface area contributed by atoms with Crippen molar-refractivity contribution in [3.05, 3.63) is 177 Å².